The Bertz CT molecular complexity index is 1560. The summed E-state index contributed by atoms with van der Waals surface area (Å²) in [6, 6.07) is 24.8. The van der Waals surface area contributed by atoms with Crippen LogP contribution >= 0.6 is 0 Å². The number of amides is 2. The molecule has 3 heterocycles. The van der Waals surface area contributed by atoms with Crippen molar-refractivity contribution in [2.24, 2.45) is 0 Å². The van der Waals surface area contributed by atoms with Crippen molar-refractivity contribution in [3.8, 4) is 0 Å². The molecule has 7 nitrogen and oxygen atoms in total. The number of anilines is 1. The summed E-state index contributed by atoms with van der Waals surface area (Å²) >= 11 is 0. The summed E-state index contributed by atoms with van der Waals surface area (Å²) in [6.07, 6.45) is 2.78. The quantitative estimate of drug-likeness (QED) is 0.361. The maximum Gasteiger partial charge on any atom is 0.284 e. The number of aryl methyl sites for hydroxylation is 2. The minimum atomic E-state index is -1.26. The Morgan fingerprint density at radius 3 is 1.94 bits per heavy atom. The zero-order valence-corrected chi connectivity index (χ0v) is 19.7. The highest BCUT2D eigenvalue weighted by Crippen LogP contribution is 2.53. The maximum absolute atomic E-state index is 14.1. The first kappa shape index (κ1) is 21.7. The average molecular weight is 475 g/mol. The van der Waals surface area contributed by atoms with Crippen LogP contribution in [0.25, 0.3) is 6.08 Å². The number of nitrogens with zero attached hydrogens (tertiary/aromatic N) is 3. The third-order valence-electron chi connectivity index (χ3n) is 6.74. The molecule has 1 aromatic heterocycles. The Balaban J connectivity index is 1.69. The zero-order chi connectivity index (χ0) is 25.0. The number of hydrogen-bond acceptors (Lipinski definition) is 4. The van der Waals surface area contributed by atoms with Gasteiger partial charge in [-0.05, 0) is 36.6 Å². The molecule has 1 fully saturated rings. The minimum absolute atomic E-state index is 0.0140. The van der Waals surface area contributed by atoms with E-state index in [0.29, 0.717) is 5.69 Å². The number of fused-ring (bicyclic) bond motifs is 3. The molecule has 0 unspecified atom stereocenters. The molecule has 1 N–H and O–H groups in total. The number of nitrogens with one attached hydrogen (secondary N) is 1. The first-order valence-electron chi connectivity index (χ1n) is 11.6. The maximum atomic E-state index is 14.1. The number of H-pyrrole nitrogens is 1. The van der Waals surface area contributed by atoms with Crippen LogP contribution in [0.2, 0.25) is 0 Å². The van der Waals surface area contributed by atoms with Crippen LogP contribution in [0, 0.1) is 13.8 Å². The predicted molar refractivity (Wildman–Crippen MR) is 136 cm³/mol. The fraction of sp³-hybridized carbons (Fsp3) is 0.103. The van der Waals surface area contributed by atoms with E-state index in [0.717, 1.165) is 27.8 Å². The van der Waals surface area contributed by atoms with Crippen molar-refractivity contribution in [2.45, 2.75) is 19.4 Å². The second kappa shape index (κ2) is 7.88. The molecule has 0 spiro atoms. The molecule has 2 aliphatic heterocycles. The van der Waals surface area contributed by atoms with Gasteiger partial charge in [0.25, 0.3) is 17.4 Å². The SMILES string of the molecule is Cc1ccc(C2(c3ccc(C)cc3)c3ncc(=O)[nH]c3N3C(=O)/C(=C/c4ccccc4)C(=O)N32)cc1. The summed E-state index contributed by atoms with van der Waals surface area (Å²) in [7, 11) is 0. The van der Waals surface area contributed by atoms with Gasteiger partial charge in [-0.1, -0.05) is 90.0 Å². The first-order valence-corrected chi connectivity index (χ1v) is 11.6. The lowest BCUT2D eigenvalue weighted by atomic mass is 9.79. The number of rotatable bonds is 3. The van der Waals surface area contributed by atoms with Crippen LogP contribution in [0.5, 0.6) is 0 Å². The van der Waals surface area contributed by atoms with Crippen LogP contribution < -0.4 is 10.6 Å². The third kappa shape index (κ3) is 2.99. The zero-order valence-electron chi connectivity index (χ0n) is 19.7. The minimum Gasteiger partial charge on any atom is -0.304 e. The van der Waals surface area contributed by atoms with E-state index in [1.807, 2.05) is 92.7 Å². The molecule has 4 aromatic rings. The molecule has 2 amide bonds. The van der Waals surface area contributed by atoms with E-state index < -0.39 is 22.9 Å². The Hall–Kier alpha value is -4.78. The monoisotopic (exact) mass is 474 g/mol. The second-order valence-corrected chi connectivity index (χ2v) is 9.09. The normalized spacial score (nSPS) is 17.0. The topological polar surface area (TPSA) is 86.4 Å². The van der Waals surface area contributed by atoms with Gasteiger partial charge in [0.1, 0.15) is 11.3 Å². The fourth-order valence-electron chi connectivity index (χ4n) is 5.03. The van der Waals surface area contributed by atoms with Crippen molar-refractivity contribution in [3.63, 3.8) is 0 Å². The smallest absolute Gasteiger partial charge is 0.284 e. The Morgan fingerprint density at radius 1 is 0.778 bits per heavy atom. The number of carbonyl (C=O) groups excluding carboxylic acids is 2. The van der Waals surface area contributed by atoms with Crippen LogP contribution in [0.1, 0.15) is 33.5 Å². The number of aromatic amines is 1. The molecule has 7 heteroatoms. The van der Waals surface area contributed by atoms with E-state index in [4.69, 9.17) is 0 Å². The molecule has 0 aliphatic carbocycles. The number of hydrazine groups is 1. The van der Waals surface area contributed by atoms with Gasteiger partial charge in [0, 0.05) is 0 Å². The summed E-state index contributed by atoms with van der Waals surface area (Å²) in [4.78, 5) is 47.6. The Kier molecular flexibility index (Phi) is 4.76. The first-order chi connectivity index (χ1) is 17.4. The molecule has 0 saturated carbocycles. The van der Waals surface area contributed by atoms with Gasteiger partial charge >= 0.3 is 0 Å². The van der Waals surface area contributed by atoms with E-state index in [1.165, 1.54) is 16.2 Å². The van der Waals surface area contributed by atoms with Crippen molar-refractivity contribution in [3.05, 3.63) is 134 Å². The molecular formula is C29H22N4O3. The van der Waals surface area contributed by atoms with E-state index in [2.05, 4.69) is 9.97 Å². The summed E-state index contributed by atoms with van der Waals surface area (Å²) < 4.78 is 0. The highest BCUT2D eigenvalue weighted by atomic mass is 16.2. The predicted octanol–water partition coefficient (Wildman–Crippen LogP) is 3.87. The molecule has 1 saturated heterocycles. The Morgan fingerprint density at radius 2 is 1.36 bits per heavy atom. The molecule has 36 heavy (non-hydrogen) atoms. The van der Waals surface area contributed by atoms with E-state index >= 15 is 0 Å². The van der Waals surface area contributed by atoms with Crippen molar-refractivity contribution >= 4 is 23.7 Å². The molecule has 0 atom stereocenters. The van der Waals surface area contributed by atoms with Gasteiger partial charge in [-0.3, -0.25) is 14.4 Å². The molecular weight excluding hydrogens is 452 g/mol. The highest BCUT2D eigenvalue weighted by Gasteiger charge is 2.62. The number of aromatic nitrogens is 2. The lowest BCUT2D eigenvalue weighted by Crippen LogP contribution is -2.51. The van der Waals surface area contributed by atoms with Gasteiger partial charge in [0.05, 0.1) is 6.20 Å². The molecule has 0 bridgehead atoms. The summed E-state index contributed by atoms with van der Waals surface area (Å²) in [6.45, 7) is 3.97. The summed E-state index contributed by atoms with van der Waals surface area (Å²) in [5.41, 5.74) is 3.04. The van der Waals surface area contributed by atoms with Crippen LogP contribution in [-0.4, -0.2) is 26.8 Å². The number of hydrogen-bond donors (Lipinski definition) is 1. The van der Waals surface area contributed by atoms with Crippen molar-refractivity contribution in [2.75, 3.05) is 5.01 Å². The largest absolute Gasteiger partial charge is 0.304 e. The number of carbonyl (C=O) groups is 2. The van der Waals surface area contributed by atoms with Crippen LogP contribution in [-0.2, 0) is 15.1 Å². The average Bonchev–Trinajstić information content (AvgIpc) is 3.31. The lowest BCUT2D eigenvalue weighted by Gasteiger charge is -2.38. The van der Waals surface area contributed by atoms with E-state index in [1.54, 1.807) is 6.08 Å². The fourth-order valence-corrected chi connectivity index (χ4v) is 5.03. The molecule has 3 aromatic carbocycles. The van der Waals surface area contributed by atoms with Crippen LogP contribution in [0.15, 0.2) is 95.4 Å². The highest BCUT2D eigenvalue weighted by molar-refractivity contribution is 6.32. The van der Waals surface area contributed by atoms with Gasteiger partial charge < -0.3 is 4.98 Å². The van der Waals surface area contributed by atoms with Crippen molar-refractivity contribution in [1.29, 1.82) is 0 Å². The van der Waals surface area contributed by atoms with Crippen LogP contribution in [0.4, 0.5) is 5.82 Å². The van der Waals surface area contributed by atoms with Gasteiger partial charge in [0.15, 0.2) is 11.4 Å². The van der Waals surface area contributed by atoms with Gasteiger partial charge in [-0.25, -0.2) is 9.99 Å². The molecule has 176 valence electrons. The third-order valence-corrected chi connectivity index (χ3v) is 6.74. The van der Waals surface area contributed by atoms with Crippen LogP contribution in [0.3, 0.4) is 0 Å². The lowest BCUT2D eigenvalue weighted by molar-refractivity contribution is -0.128. The second-order valence-electron chi connectivity index (χ2n) is 9.09. The molecule has 6 rings (SSSR count). The molecule has 2 aliphatic rings. The van der Waals surface area contributed by atoms with E-state index in [-0.39, 0.29) is 11.4 Å². The summed E-state index contributed by atoms with van der Waals surface area (Å²) in [5.74, 6) is -0.794. The van der Waals surface area contributed by atoms with Gasteiger partial charge in [-0.15, -0.1) is 0 Å². The molecule has 0 radical (unpaired) electrons. The van der Waals surface area contributed by atoms with E-state index in [9.17, 15) is 14.4 Å². The Labute approximate surface area is 207 Å². The standard InChI is InChI=1S/C29H22N4O3/c1-18-8-12-21(13-9-18)29(22-14-10-19(2)11-15-22)25-26(31-24(34)17-30-25)32-27(35)23(28(36)33(29)32)16-20-6-4-3-5-7-20/h3-17H,1-2H3,(H,31,34)/b23-16-. The van der Waals surface area contributed by atoms with Gasteiger partial charge in [0.2, 0.25) is 0 Å². The number of benzene rings is 3. The van der Waals surface area contributed by atoms with Crippen molar-refractivity contribution in [1.82, 2.24) is 15.0 Å². The summed E-state index contributed by atoms with van der Waals surface area (Å²) in [5, 5.41) is 2.70. The van der Waals surface area contributed by atoms with Gasteiger partial charge in [-0.2, -0.15) is 5.01 Å². The van der Waals surface area contributed by atoms with Crippen molar-refractivity contribution < 1.29 is 9.59 Å².